The Morgan fingerprint density at radius 1 is 1.67 bits per heavy atom. The molecule has 0 spiro atoms. The molecule has 0 fully saturated rings. The van der Waals surface area contributed by atoms with Crippen molar-refractivity contribution in [2.45, 2.75) is 13.0 Å². The molecule has 6 heavy (non-hydrogen) atoms. The molecule has 0 aliphatic carbocycles. The van der Waals surface area contributed by atoms with Crippen molar-refractivity contribution in [3.05, 3.63) is 0 Å². The second kappa shape index (κ2) is 5.57. The van der Waals surface area contributed by atoms with Gasteiger partial charge in [0.2, 0.25) is 0 Å². The molecular formula is C4H12SSi. The summed E-state index contributed by atoms with van der Waals surface area (Å²) >= 11 is 1.99. The molecular weight excluding hydrogens is 108 g/mol. The minimum atomic E-state index is 0.385. The predicted octanol–water partition coefficient (Wildman–Crippen LogP) is 0.914. The fourth-order valence-corrected chi connectivity index (χ4v) is 2.60. The normalized spacial score (nSPS) is 11.0. The second-order valence-corrected chi connectivity index (χ2v) is 5.26. The van der Waals surface area contributed by atoms with Crippen molar-refractivity contribution < 1.29 is 0 Å². The maximum Gasteiger partial charge on any atom is 0.0314 e. The second-order valence-electron chi connectivity index (χ2n) is 1.35. The lowest BCUT2D eigenvalue weighted by molar-refractivity contribution is 1.45. The summed E-state index contributed by atoms with van der Waals surface area (Å²) in [5, 5.41) is 1.47. The van der Waals surface area contributed by atoms with Crippen LogP contribution < -0.4 is 0 Å². The van der Waals surface area contributed by atoms with Crippen LogP contribution in [0.3, 0.4) is 0 Å². The summed E-state index contributed by atoms with van der Waals surface area (Å²) in [6, 6.07) is 1.47. The molecule has 38 valence electrons. The Bertz CT molecular complexity index is 19.5. The highest BCUT2D eigenvalue weighted by atomic mass is 32.2. The van der Waals surface area contributed by atoms with Crippen molar-refractivity contribution in [1.82, 2.24) is 0 Å². The summed E-state index contributed by atoms with van der Waals surface area (Å²) in [5.74, 6) is 0. The highest BCUT2D eigenvalue weighted by Crippen LogP contribution is 1.88. The van der Waals surface area contributed by atoms with E-state index in [0.29, 0.717) is 9.52 Å². The van der Waals surface area contributed by atoms with Gasteiger partial charge < -0.3 is 0 Å². The number of hydrogen-bond donors (Lipinski definition) is 0. The topological polar surface area (TPSA) is 0 Å². The molecule has 0 radical (unpaired) electrons. The Morgan fingerprint density at radius 3 is 2.50 bits per heavy atom. The van der Waals surface area contributed by atoms with E-state index in [4.69, 9.17) is 0 Å². The first-order valence-electron chi connectivity index (χ1n) is 2.40. The van der Waals surface area contributed by atoms with E-state index >= 15 is 0 Å². The van der Waals surface area contributed by atoms with E-state index in [1.165, 1.54) is 11.4 Å². The Morgan fingerprint density at radius 2 is 2.33 bits per heavy atom. The predicted molar refractivity (Wildman–Crippen MR) is 37.4 cm³/mol. The van der Waals surface area contributed by atoms with E-state index in [1.54, 1.807) is 0 Å². The molecule has 0 aliphatic heterocycles. The highest BCUT2D eigenvalue weighted by molar-refractivity contribution is 7.99. The first-order chi connectivity index (χ1) is 2.91. The van der Waals surface area contributed by atoms with Gasteiger partial charge >= 0.3 is 0 Å². The van der Waals surface area contributed by atoms with Crippen LogP contribution in [0.15, 0.2) is 0 Å². The largest absolute Gasteiger partial charge is 0.169 e. The fourth-order valence-electron chi connectivity index (χ4n) is 0.289. The lowest BCUT2D eigenvalue weighted by atomic mass is 11.0. The molecule has 2 heteroatoms. The maximum atomic E-state index is 2.28. The third-order valence-corrected chi connectivity index (χ3v) is 4.20. The lowest BCUT2D eigenvalue weighted by Gasteiger charge is -1.85. The van der Waals surface area contributed by atoms with Crippen molar-refractivity contribution in [1.29, 1.82) is 0 Å². The standard InChI is InChI=1S/C4H12SSi/c1-3-6-4-5-2/h3-4,6H2,1-2H3. The molecule has 0 rings (SSSR count). The molecule has 0 unspecified atom stereocenters. The lowest BCUT2D eigenvalue weighted by Crippen LogP contribution is -1.87. The number of rotatable bonds is 3. The molecule has 0 aromatic rings. The van der Waals surface area contributed by atoms with Crippen LogP contribution in [0.1, 0.15) is 6.92 Å². The van der Waals surface area contributed by atoms with Gasteiger partial charge in [-0.3, -0.25) is 0 Å². The number of thioether (sulfide) groups is 1. The van der Waals surface area contributed by atoms with Crippen molar-refractivity contribution >= 4 is 21.3 Å². The smallest absolute Gasteiger partial charge is 0.0314 e. The molecule has 0 N–H and O–H groups in total. The van der Waals surface area contributed by atoms with Crippen LogP contribution >= 0.6 is 11.8 Å². The molecule has 0 amide bonds. The highest BCUT2D eigenvalue weighted by Gasteiger charge is 1.77. The quantitative estimate of drug-likeness (QED) is 0.394. The van der Waals surface area contributed by atoms with Gasteiger partial charge in [-0.25, -0.2) is 0 Å². The fraction of sp³-hybridized carbons (Fsp3) is 1.00. The van der Waals surface area contributed by atoms with E-state index in [-0.39, 0.29) is 0 Å². The summed E-state index contributed by atoms with van der Waals surface area (Å²) in [4.78, 5) is 0. The Kier molecular flexibility index (Phi) is 6.09. The van der Waals surface area contributed by atoms with Crippen LogP contribution in [0.25, 0.3) is 0 Å². The maximum absolute atomic E-state index is 2.28. The summed E-state index contributed by atoms with van der Waals surface area (Å²) in [7, 11) is 0.385. The van der Waals surface area contributed by atoms with Gasteiger partial charge in [0.05, 0.1) is 0 Å². The first-order valence-corrected chi connectivity index (χ1v) is 5.80. The first kappa shape index (κ1) is 6.57. The molecule has 0 heterocycles. The summed E-state index contributed by atoms with van der Waals surface area (Å²) in [5.41, 5.74) is 0. The van der Waals surface area contributed by atoms with E-state index < -0.39 is 0 Å². The average molecular weight is 120 g/mol. The van der Waals surface area contributed by atoms with Crippen LogP contribution in [0, 0.1) is 0 Å². The van der Waals surface area contributed by atoms with Crippen LogP contribution in [0.2, 0.25) is 6.04 Å². The van der Waals surface area contributed by atoms with E-state index in [0.717, 1.165) is 0 Å². The van der Waals surface area contributed by atoms with E-state index in [1.807, 2.05) is 11.8 Å². The molecule has 0 aliphatic rings. The Hall–Kier alpha value is 0.567. The van der Waals surface area contributed by atoms with Crippen molar-refractivity contribution in [2.24, 2.45) is 0 Å². The van der Waals surface area contributed by atoms with Gasteiger partial charge in [0.1, 0.15) is 0 Å². The third-order valence-electron chi connectivity index (χ3n) is 0.702. The van der Waals surface area contributed by atoms with Crippen LogP contribution in [-0.4, -0.2) is 21.2 Å². The van der Waals surface area contributed by atoms with Crippen molar-refractivity contribution in [3.63, 3.8) is 0 Å². The average Bonchev–Trinajstić information content (AvgIpc) is 1.61. The molecule has 0 nitrogen and oxygen atoms in total. The zero-order valence-electron chi connectivity index (χ0n) is 4.53. The Labute approximate surface area is 46.5 Å². The Balaban J connectivity index is 2.34. The molecule has 0 atom stereocenters. The third kappa shape index (κ3) is 4.57. The van der Waals surface area contributed by atoms with E-state index in [2.05, 4.69) is 13.2 Å². The molecule has 0 aromatic carbocycles. The minimum absolute atomic E-state index is 0.385. The summed E-state index contributed by atoms with van der Waals surface area (Å²) in [6.45, 7) is 2.28. The molecule has 0 saturated heterocycles. The van der Waals surface area contributed by atoms with Gasteiger partial charge in [0.15, 0.2) is 0 Å². The van der Waals surface area contributed by atoms with Gasteiger partial charge in [-0.05, 0) is 11.6 Å². The van der Waals surface area contributed by atoms with Gasteiger partial charge in [-0.15, -0.1) is 0 Å². The summed E-state index contributed by atoms with van der Waals surface area (Å²) in [6.07, 6.45) is 2.18. The summed E-state index contributed by atoms with van der Waals surface area (Å²) < 4.78 is 0. The zero-order chi connectivity index (χ0) is 4.83. The monoisotopic (exact) mass is 120 g/mol. The number of hydrogen-bond acceptors (Lipinski definition) is 1. The van der Waals surface area contributed by atoms with Gasteiger partial charge in [-0.2, -0.15) is 11.8 Å². The SMILES string of the molecule is CC[SiH2]CSC. The minimum Gasteiger partial charge on any atom is -0.169 e. The van der Waals surface area contributed by atoms with Gasteiger partial charge in [0.25, 0.3) is 0 Å². The van der Waals surface area contributed by atoms with Crippen LogP contribution in [-0.2, 0) is 0 Å². The zero-order valence-corrected chi connectivity index (χ0v) is 6.76. The molecule has 0 saturated carbocycles. The molecule has 0 bridgehead atoms. The van der Waals surface area contributed by atoms with Crippen LogP contribution in [0.5, 0.6) is 0 Å². The van der Waals surface area contributed by atoms with Crippen LogP contribution in [0.4, 0.5) is 0 Å². The van der Waals surface area contributed by atoms with Gasteiger partial charge in [0, 0.05) is 9.52 Å². The van der Waals surface area contributed by atoms with Gasteiger partial charge in [-0.1, -0.05) is 13.0 Å². The van der Waals surface area contributed by atoms with E-state index in [9.17, 15) is 0 Å². The molecule has 0 aromatic heterocycles. The van der Waals surface area contributed by atoms with Crippen molar-refractivity contribution in [3.8, 4) is 0 Å². The van der Waals surface area contributed by atoms with Crippen molar-refractivity contribution in [2.75, 3.05) is 11.6 Å².